The van der Waals surface area contributed by atoms with Crippen LogP contribution in [0.1, 0.15) is 58.1 Å². The van der Waals surface area contributed by atoms with Crippen molar-refractivity contribution in [1.29, 1.82) is 0 Å². The van der Waals surface area contributed by atoms with Crippen molar-refractivity contribution in [2.24, 2.45) is 5.92 Å². The molecule has 0 bridgehead atoms. The Bertz CT molecular complexity index is 356. The second-order valence-corrected chi connectivity index (χ2v) is 6.03. The van der Waals surface area contributed by atoms with E-state index in [0.717, 1.165) is 12.5 Å². The minimum Gasteiger partial charge on any atom is -0.378 e. The molecule has 0 heterocycles. The molecule has 0 saturated heterocycles. The third-order valence-corrected chi connectivity index (χ3v) is 4.17. The zero-order valence-electron chi connectivity index (χ0n) is 13.9. The summed E-state index contributed by atoms with van der Waals surface area (Å²) in [6, 6.07) is 9.30. The molecule has 0 fully saturated rings. The van der Waals surface area contributed by atoms with Gasteiger partial charge in [0.15, 0.2) is 0 Å². The summed E-state index contributed by atoms with van der Waals surface area (Å²) in [4.78, 5) is 2.14. The maximum Gasteiger partial charge on any atom is 0.0361 e. The SMILES string of the molecule is CCCCC(CC)CNC(C)c1ccc(N(C)C)cc1. The summed E-state index contributed by atoms with van der Waals surface area (Å²) in [5.41, 5.74) is 2.64. The van der Waals surface area contributed by atoms with Gasteiger partial charge in [-0.1, -0.05) is 45.2 Å². The lowest BCUT2D eigenvalue weighted by molar-refractivity contribution is 0.398. The molecule has 114 valence electrons. The Morgan fingerprint density at radius 1 is 1.10 bits per heavy atom. The molecule has 0 radical (unpaired) electrons. The van der Waals surface area contributed by atoms with E-state index >= 15 is 0 Å². The number of unbranched alkanes of at least 4 members (excludes halogenated alkanes) is 1. The molecule has 1 N–H and O–H groups in total. The molecule has 1 rings (SSSR count). The Labute approximate surface area is 125 Å². The fraction of sp³-hybridized carbons (Fsp3) is 0.667. The molecule has 0 spiro atoms. The summed E-state index contributed by atoms with van der Waals surface area (Å²) in [6.07, 6.45) is 5.29. The zero-order valence-corrected chi connectivity index (χ0v) is 13.9. The van der Waals surface area contributed by atoms with Crippen LogP contribution in [0.2, 0.25) is 0 Å². The second kappa shape index (κ2) is 9.02. The Kier molecular flexibility index (Phi) is 7.68. The van der Waals surface area contributed by atoms with Gasteiger partial charge in [0, 0.05) is 25.8 Å². The number of anilines is 1. The van der Waals surface area contributed by atoms with Gasteiger partial charge in [-0.2, -0.15) is 0 Å². The molecular weight excluding hydrogens is 244 g/mol. The fourth-order valence-corrected chi connectivity index (χ4v) is 2.47. The van der Waals surface area contributed by atoms with Gasteiger partial charge >= 0.3 is 0 Å². The van der Waals surface area contributed by atoms with Crippen LogP contribution in [0.25, 0.3) is 0 Å². The summed E-state index contributed by atoms with van der Waals surface area (Å²) in [5.74, 6) is 0.818. The summed E-state index contributed by atoms with van der Waals surface area (Å²) >= 11 is 0. The third kappa shape index (κ3) is 5.54. The molecule has 2 unspecified atom stereocenters. The van der Waals surface area contributed by atoms with Gasteiger partial charge in [-0.25, -0.2) is 0 Å². The number of benzene rings is 1. The molecule has 2 nitrogen and oxygen atoms in total. The molecule has 0 aromatic heterocycles. The first-order valence-electron chi connectivity index (χ1n) is 8.09. The van der Waals surface area contributed by atoms with Crippen LogP contribution >= 0.6 is 0 Å². The first kappa shape index (κ1) is 17.0. The van der Waals surface area contributed by atoms with Crippen molar-refractivity contribution in [3.05, 3.63) is 29.8 Å². The van der Waals surface area contributed by atoms with Gasteiger partial charge in [-0.3, -0.25) is 0 Å². The van der Waals surface area contributed by atoms with E-state index in [-0.39, 0.29) is 0 Å². The maximum absolute atomic E-state index is 3.69. The van der Waals surface area contributed by atoms with E-state index < -0.39 is 0 Å². The molecule has 1 aromatic rings. The highest BCUT2D eigenvalue weighted by molar-refractivity contribution is 5.46. The van der Waals surface area contributed by atoms with Crippen LogP contribution in [-0.4, -0.2) is 20.6 Å². The van der Waals surface area contributed by atoms with E-state index in [0.29, 0.717) is 6.04 Å². The molecule has 0 aliphatic carbocycles. The molecule has 2 heteroatoms. The van der Waals surface area contributed by atoms with Crippen LogP contribution < -0.4 is 10.2 Å². The molecule has 1 aromatic carbocycles. The highest BCUT2D eigenvalue weighted by atomic mass is 15.1. The van der Waals surface area contributed by atoms with Gasteiger partial charge in [-0.05, 0) is 43.5 Å². The predicted molar refractivity (Wildman–Crippen MR) is 90.5 cm³/mol. The van der Waals surface area contributed by atoms with Crippen molar-refractivity contribution in [2.45, 2.75) is 52.5 Å². The lowest BCUT2D eigenvalue weighted by Gasteiger charge is -2.21. The Balaban J connectivity index is 2.46. The molecule has 0 aliphatic heterocycles. The standard InChI is InChI=1S/C18H32N2/c1-6-8-9-16(7-2)14-19-15(3)17-10-12-18(13-11-17)20(4)5/h10-13,15-16,19H,6-9,14H2,1-5H3. The van der Waals surface area contributed by atoms with E-state index in [9.17, 15) is 0 Å². The molecular formula is C18H32N2. The van der Waals surface area contributed by atoms with E-state index in [1.165, 1.54) is 36.9 Å². The minimum atomic E-state index is 0.432. The quantitative estimate of drug-likeness (QED) is 0.708. The summed E-state index contributed by atoms with van der Waals surface area (Å²) in [6.45, 7) is 7.97. The van der Waals surface area contributed by atoms with Crippen molar-refractivity contribution in [2.75, 3.05) is 25.5 Å². The molecule has 0 amide bonds. The molecule has 0 saturated carbocycles. The highest BCUT2D eigenvalue weighted by Crippen LogP contribution is 2.19. The van der Waals surface area contributed by atoms with Gasteiger partial charge in [0.05, 0.1) is 0 Å². The summed E-state index contributed by atoms with van der Waals surface area (Å²) in [5, 5.41) is 3.69. The van der Waals surface area contributed by atoms with Crippen molar-refractivity contribution < 1.29 is 0 Å². The molecule has 0 aliphatic rings. The fourth-order valence-electron chi connectivity index (χ4n) is 2.47. The van der Waals surface area contributed by atoms with Crippen LogP contribution in [0.3, 0.4) is 0 Å². The molecule has 2 atom stereocenters. The maximum atomic E-state index is 3.69. The van der Waals surface area contributed by atoms with E-state index in [1.54, 1.807) is 0 Å². The topological polar surface area (TPSA) is 15.3 Å². The van der Waals surface area contributed by atoms with Gasteiger partial charge in [0.2, 0.25) is 0 Å². The van der Waals surface area contributed by atoms with Crippen molar-refractivity contribution in [3.63, 3.8) is 0 Å². The van der Waals surface area contributed by atoms with E-state index in [4.69, 9.17) is 0 Å². The average Bonchev–Trinajstić information content (AvgIpc) is 2.47. The zero-order chi connectivity index (χ0) is 15.0. The average molecular weight is 276 g/mol. The summed E-state index contributed by atoms with van der Waals surface area (Å²) < 4.78 is 0. The third-order valence-electron chi connectivity index (χ3n) is 4.17. The number of hydrogen-bond donors (Lipinski definition) is 1. The van der Waals surface area contributed by atoms with Gasteiger partial charge in [0.1, 0.15) is 0 Å². The minimum absolute atomic E-state index is 0.432. The smallest absolute Gasteiger partial charge is 0.0361 e. The number of hydrogen-bond acceptors (Lipinski definition) is 2. The largest absolute Gasteiger partial charge is 0.378 e. The first-order chi connectivity index (χ1) is 9.58. The highest BCUT2D eigenvalue weighted by Gasteiger charge is 2.09. The van der Waals surface area contributed by atoms with Gasteiger partial charge in [-0.15, -0.1) is 0 Å². The second-order valence-electron chi connectivity index (χ2n) is 6.03. The van der Waals surface area contributed by atoms with Gasteiger partial charge < -0.3 is 10.2 Å². The Morgan fingerprint density at radius 3 is 2.25 bits per heavy atom. The monoisotopic (exact) mass is 276 g/mol. The van der Waals surface area contributed by atoms with Gasteiger partial charge in [0.25, 0.3) is 0 Å². The van der Waals surface area contributed by atoms with Crippen molar-refractivity contribution in [1.82, 2.24) is 5.32 Å². The van der Waals surface area contributed by atoms with Crippen LogP contribution in [0, 0.1) is 5.92 Å². The van der Waals surface area contributed by atoms with Crippen LogP contribution in [0.15, 0.2) is 24.3 Å². The van der Waals surface area contributed by atoms with Crippen LogP contribution in [0.4, 0.5) is 5.69 Å². The number of nitrogens with one attached hydrogen (secondary N) is 1. The van der Waals surface area contributed by atoms with Crippen molar-refractivity contribution in [3.8, 4) is 0 Å². The normalized spacial score (nSPS) is 14.1. The lowest BCUT2D eigenvalue weighted by Crippen LogP contribution is -2.25. The van der Waals surface area contributed by atoms with Crippen molar-refractivity contribution >= 4 is 5.69 Å². The predicted octanol–water partition coefficient (Wildman–Crippen LogP) is 4.62. The number of nitrogens with zero attached hydrogens (tertiary/aromatic N) is 1. The summed E-state index contributed by atoms with van der Waals surface area (Å²) in [7, 11) is 4.16. The number of rotatable bonds is 9. The first-order valence-corrected chi connectivity index (χ1v) is 8.09. The van der Waals surface area contributed by atoms with Crippen LogP contribution in [-0.2, 0) is 0 Å². The lowest BCUT2D eigenvalue weighted by atomic mass is 9.98. The van der Waals surface area contributed by atoms with E-state index in [1.807, 2.05) is 0 Å². The Morgan fingerprint density at radius 2 is 1.75 bits per heavy atom. The molecule has 20 heavy (non-hydrogen) atoms. The van der Waals surface area contributed by atoms with Crippen LogP contribution in [0.5, 0.6) is 0 Å². The van der Waals surface area contributed by atoms with E-state index in [2.05, 4.69) is 69.3 Å². The Hall–Kier alpha value is -1.02.